The Balaban J connectivity index is 2.22. The SMILES string of the molecule is O=Cc1cccc(NSc2c(F)cccc2F)c1F. The lowest BCUT2D eigenvalue weighted by atomic mass is 10.2. The first-order valence-corrected chi connectivity index (χ1v) is 6.05. The average Bonchev–Trinajstić information content (AvgIpc) is 2.40. The monoisotopic (exact) mass is 283 g/mol. The largest absolute Gasteiger partial charge is 0.323 e. The molecular formula is C13H8F3NOS. The van der Waals surface area contributed by atoms with Gasteiger partial charge in [-0.3, -0.25) is 4.79 Å². The van der Waals surface area contributed by atoms with Crippen LogP contribution in [0.25, 0.3) is 0 Å². The quantitative estimate of drug-likeness (QED) is 0.678. The summed E-state index contributed by atoms with van der Waals surface area (Å²) in [7, 11) is 0. The Hall–Kier alpha value is -1.95. The zero-order chi connectivity index (χ0) is 13.8. The molecular weight excluding hydrogens is 275 g/mol. The molecule has 19 heavy (non-hydrogen) atoms. The van der Waals surface area contributed by atoms with Gasteiger partial charge in [0.15, 0.2) is 12.1 Å². The van der Waals surface area contributed by atoms with Crippen molar-refractivity contribution < 1.29 is 18.0 Å². The molecule has 1 N–H and O–H groups in total. The van der Waals surface area contributed by atoms with E-state index in [2.05, 4.69) is 4.72 Å². The van der Waals surface area contributed by atoms with E-state index in [0.717, 1.165) is 12.1 Å². The van der Waals surface area contributed by atoms with Crippen LogP contribution < -0.4 is 4.72 Å². The van der Waals surface area contributed by atoms with Gasteiger partial charge in [0.1, 0.15) is 11.6 Å². The molecule has 0 saturated heterocycles. The lowest BCUT2D eigenvalue weighted by Gasteiger charge is -2.08. The van der Waals surface area contributed by atoms with E-state index in [-0.39, 0.29) is 16.1 Å². The normalized spacial score (nSPS) is 10.3. The van der Waals surface area contributed by atoms with Crippen LogP contribution >= 0.6 is 11.9 Å². The highest BCUT2D eigenvalue weighted by Gasteiger charge is 2.12. The number of anilines is 1. The van der Waals surface area contributed by atoms with E-state index in [9.17, 15) is 18.0 Å². The molecule has 0 aliphatic carbocycles. The second-order valence-electron chi connectivity index (χ2n) is 3.58. The predicted molar refractivity (Wildman–Crippen MR) is 67.6 cm³/mol. The van der Waals surface area contributed by atoms with Gasteiger partial charge in [0.05, 0.1) is 16.1 Å². The summed E-state index contributed by atoms with van der Waals surface area (Å²) in [5.41, 5.74) is -0.142. The van der Waals surface area contributed by atoms with Crippen molar-refractivity contribution >= 4 is 23.9 Å². The number of benzene rings is 2. The summed E-state index contributed by atoms with van der Waals surface area (Å²) in [4.78, 5) is 10.3. The summed E-state index contributed by atoms with van der Waals surface area (Å²) in [6, 6.07) is 7.59. The van der Waals surface area contributed by atoms with Crippen LogP contribution in [-0.4, -0.2) is 6.29 Å². The number of aldehydes is 1. The van der Waals surface area contributed by atoms with Crippen LogP contribution in [0.1, 0.15) is 10.4 Å². The van der Waals surface area contributed by atoms with Crippen LogP contribution in [0.2, 0.25) is 0 Å². The number of hydrogen-bond acceptors (Lipinski definition) is 3. The van der Waals surface area contributed by atoms with Crippen LogP contribution in [0.3, 0.4) is 0 Å². The zero-order valence-electron chi connectivity index (χ0n) is 9.49. The molecule has 0 unspecified atom stereocenters. The van der Waals surface area contributed by atoms with Crippen LogP contribution in [0.5, 0.6) is 0 Å². The number of nitrogens with one attached hydrogen (secondary N) is 1. The van der Waals surface area contributed by atoms with Crippen molar-refractivity contribution in [2.45, 2.75) is 4.90 Å². The van der Waals surface area contributed by atoms with Crippen LogP contribution in [0.4, 0.5) is 18.9 Å². The van der Waals surface area contributed by atoms with Gasteiger partial charge >= 0.3 is 0 Å². The van der Waals surface area contributed by atoms with Gasteiger partial charge in [-0.2, -0.15) is 0 Å². The second kappa shape index (κ2) is 5.79. The minimum atomic E-state index is -0.762. The van der Waals surface area contributed by atoms with Gasteiger partial charge in [0.25, 0.3) is 0 Å². The smallest absolute Gasteiger partial charge is 0.157 e. The van der Waals surface area contributed by atoms with Gasteiger partial charge in [0, 0.05) is 0 Å². The maximum atomic E-state index is 13.7. The lowest BCUT2D eigenvalue weighted by molar-refractivity contribution is 0.112. The molecule has 0 saturated carbocycles. The number of hydrogen-bond donors (Lipinski definition) is 1. The van der Waals surface area contributed by atoms with E-state index in [1.54, 1.807) is 0 Å². The van der Waals surface area contributed by atoms with Crippen molar-refractivity contribution in [3.05, 3.63) is 59.4 Å². The summed E-state index contributed by atoms with van der Waals surface area (Å²) >= 11 is 0.604. The molecule has 0 bridgehead atoms. The summed E-state index contributed by atoms with van der Waals surface area (Å²) in [6.45, 7) is 0. The van der Waals surface area contributed by atoms with Crippen molar-refractivity contribution in [1.29, 1.82) is 0 Å². The van der Waals surface area contributed by atoms with Crippen molar-refractivity contribution in [1.82, 2.24) is 0 Å². The molecule has 0 aromatic heterocycles. The molecule has 0 spiro atoms. The van der Waals surface area contributed by atoms with E-state index < -0.39 is 17.5 Å². The summed E-state index contributed by atoms with van der Waals surface area (Å²) in [6.07, 6.45) is 0.370. The minimum Gasteiger partial charge on any atom is -0.323 e. The Morgan fingerprint density at radius 2 is 1.63 bits per heavy atom. The molecule has 0 heterocycles. The van der Waals surface area contributed by atoms with Crippen LogP contribution in [0.15, 0.2) is 41.3 Å². The molecule has 2 aromatic rings. The van der Waals surface area contributed by atoms with E-state index >= 15 is 0 Å². The summed E-state index contributed by atoms with van der Waals surface area (Å²) < 4.78 is 42.9. The van der Waals surface area contributed by atoms with Crippen molar-refractivity contribution in [3.63, 3.8) is 0 Å². The van der Waals surface area contributed by atoms with E-state index in [4.69, 9.17) is 0 Å². The van der Waals surface area contributed by atoms with Gasteiger partial charge in [-0.05, 0) is 36.2 Å². The number of carbonyl (C=O) groups excluding carboxylic acids is 1. The fourth-order valence-electron chi connectivity index (χ4n) is 1.41. The Morgan fingerprint density at radius 1 is 1.00 bits per heavy atom. The zero-order valence-corrected chi connectivity index (χ0v) is 10.3. The highest BCUT2D eigenvalue weighted by Crippen LogP contribution is 2.28. The van der Waals surface area contributed by atoms with Crippen molar-refractivity contribution in [2.75, 3.05) is 4.72 Å². The lowest BCUT2D eigenvalue weighted by Crippen LogP contribution is -1.97. The predicted octanol–water partition coefficient (Wildman–Crippen LogP) is 4.04. The molecule has 2 aromatic carbocycles. The van der Waals surface area contributed by atoms with Crippen molar-refractivity contribution in [3.8, 4) is 0 Å². The molecule has 0 aliphatic heterocycles. The standard InChI is InChI=1S/C13H8F3NOS/c14-9-4-2-5-10(15)13(9)19-17-11-6-1-3-8(7-18)12(11)16/h1-7,17H. The molecule has 0 atom stereocenters. The number of carbonyl (C=O) groups is 1. The van der Waals surface area contributed by atoms with Crippen molar-refractivity contribution in [2.24, 2.45) is 0 Å². The molecule has 2 rings (SSSR count). The second-order valence-corrected chi connectivity index (χ2v) is 4.40. The Bertz CT molecular complexity index is 599. The van der Waals surface area contributed by atoms with E-state index in [1.807, 2.05) is 0 Å². The van der Waals surface area contributed by atoms with Gasteiger partial charge in [0.2, 0.25) is 0 Å². The Kier molecular flexibility index (Phi) is 4.11. The van der Waals surface area contributed by atoms with Gasteiger partial charge < -0.3 is 4.72 Å². The average molecular weight is 283 g/mol. The highest BCUT2D eigenvalue weighted by molar-refractivity contribution is 8.00. The van der Waals surface area contributed by atoms with E-state index in [0.29, 0.717) is 18.2 Å². The van der Waals surface area contributed by atoms with Gasteiger partial charge in [-0.25, -0.2) is 13.2 Å². The topological polar surface area (TPSA) is 29.1 Å². The van der Waals surface area contributed by atoms with Crippen LogP contribution in [-0.2, 0) is 0 Å². The molecule has 0 amide bonds. The molecule has 98 valence electrons. The third-order valence-corrected chi connectivity index (χ3v) is 3.25. The molecule has 0 radical (unpaired) electrons. The molecule has 0 aliphatic rings. The van der Waals surface area contributed by atoms with Crippen LogP contribution in [0, 0.1) is 17.5 Å². The Labute approximate surface area is 111 Å². The molecule has 6 heteroatoms. The maximum absolute atomic E-state index is 13.7. The summed E-state index contributed by atoms with van der Waals surface area (Å²) in [5, 5.41) is 0. The minimum absolute atomic E-state index is 0.0164. The maximum Gasteiger partial charge on any atom is 0.157 e. The molecule has 0 fully saturated rings. The van der Waals surface area contributed by atoms with Gasteiger partial charge in [-0.15, -0.1) is 0 Å². The highest BCUT2D eigenvalue weighted by atomic mass is 32.2. The summed E-state index contributed by atoms with van der Waals surface area (Å²) in [5.74, 6) is -2.25. The third kappa shape index (κ3) is 2.90. The van der Waals surface area contributed by atoms with E-state index in [1.165, 1.54) is 24.3 Å². The Morgan fingerprint density at radius 3 is 2.26 bits per heavy atom. The number of halogens is 3. The first-order valence-electron chi connectivity index (χ1n) is 5.24. The first-order chi connectivity index (χ1) is 9.13. The van der Waals surface area contributed by atoms with Gasteiger partial charge in [-0.1, -0.05) is 12.1 Å². The number of rotatable bonds is 4. The fourth-order valence-corrected chi connectivity index (χ4v) is 2.11. The molecule has 2 nitrogen and oxygen atoms in total. The fraction of sp³-hybridized carbons (Fsp3) is 0. The first kappa shape index (κ1) is 13.5. The third-order valence-electron chi connectivity index (χ3n) is 2.34.